The zero-order chi connectivity index (χ0) is 15.6. The zero-order valence-corrected chi connectivity index (χ0v) is 12.7. The molecule has 0 spiro atoms. The van der Waals surface area contributed by atoms with Crippen molar-refractivity contribution in [3.8, 4) is 11.1 Å². The van der Waals surface area contributed by atoms with Crippen molar-refractivity contribution in [2.45, 2.75) is 0 Å². The van der Waals surface area contributed by atoms with Crippen LogP contribution in [0, 0.1) is 0 Å². The summed E-state index contributed by atoms with van der Waals surface area (Å²) in [7, 11) is 0. The van der Waals surface area contributed by atoms with Gasteiger partial charge in [-0.15, -0.1) is 0 Å². The van der Waals surface area contributed by atoms with E-state index in [1.807, 2.05) is 54.6 Å². The number of rotatable bonds is 3. The van der Waals surface area contributed by atoms with Crippen molar-refractivity contribution < 1.29 is 0 Å². The average molecular weight is 284 g/mol. The summed E-state index contributed by atoms with van der Waals surface area (Å²) >= 11 is 0. The third-order valence-electron chi connectivity index (χ3n) is 3.30. The molecule has 0 aliphatic heterocycles. The van der Waals surface area contributed by atoms with Gasteiger partial charge in [-0.2, -0.15) is 0 Å². The topological polar surface area (TPSA) is 0 Å². The van der Waals surface area contributed by atoms with Gasteiger partial charge in [0, 0.05) is 0 Å². The molecule has 0 saturated heterocycles. The van der Waals surface area contributed by atoms with Crippen molar-refractivity contribution in [2.75, 3.05) is 0 Å². The Balaban J connectivity index is 0.000000188. The fourth-order valence-corrected chi connectivity index (χ4v) is 2.14. The molecule has 0 nitrogen and oxygen atoms in total. The van der Waals surface area contributed by atoms with Gasteiger partial charge in [0.15, 0.2) is 0 Å². The van der Waals surface area contributed by atoms with Gasteiger partial charge >= 0.3 is 0 Å². The van der Waals surface area contributed by atoms with Gasteiger partial charge in [-0.05, 0) is 22.3 Å². The molecule has 3 rings (SSSR count). The van der Waals surface area contributed by atoms with E-state index in [2.05, 4.69) is 55.6 Å². The van der Waals surface area contributed by atoms with Crippen LogP contribution < -0.4 is 0 Å². The molecule has 0 atom stereocenters. The van der Waals surface area contributed by atoms with E-state index in [1.54, 1.807) is 0 Å². The smallest absolute Gasteiger partial charge is 0.0112 e. The summed E-state index contributed by atoms with van der Waals surface area (Å²) in [6, 6.07) is 28.7. The summed E-state index contributed by atoms with van der Waals surface area (Å²) in [5.74, 6) is 0. The van der Waals surface area contributed by atoms with Crippen molar-refractivity contribution >= 4 is 12.2 Å². The highest BCUT2D eigenvalue weighted by Gasteiger charge is 1.99. The van der Waals surface area contributed by atoms with E-state index in [-0.39, 0.29) is 0 Å². The van der Waals surface area contributed by atoms with E-state index in [4.69, 9.17) is 0 Å². The first-order valence-corrected chi connectivity index (χ1v) is 7.29. The summed E-state index contributed by atoms with van der Waals surface area (Å²) in [6.45, 7) is 7.45. The van der Waals surface area contributed by atoms with E-state index in [1.165, 1.54) is 22.3 Å². The fraction of sp³-hybridized carbons (Fsp3) is 0. The van der Waals surface area contributed by atoms with Crippen LogP contribution in [0.4, 0.5) is 0 Å². The molecule has 0 unspecified atom stereocenters. The zero-order valence-electron chi connectivity index (χ0n) is 12.7. The molecule has 0 radical (unpaired) electrons. The lowest BCUT2D eigenvalue weighted by molar-refractivity contribution is 1.59. The molecular weight excluding hydrogens is 264 g/mol. The van der Waals surface area contributed by atoms with Crippen LogP contribution in [0.2, 0.25) is 0 Å². The molecule has 0 fully saturated rings. The van der Waals surface area contributed by atoms with Crippen LogP contribution in [-0.2, 0) is 0 Å². The largest absolute Gasteiger partial charge is 0.0985 e. The number of benzene rings is 3. The lowest BCUT2D eigenvalue weighted by atomic mass is 10.00. The molecule has 0 heterocycles. The Hall–Kier alpha value is -2.86. The Bertz CT molecular complexity index is 709. The van der Waals surface area contributed by atoms with Gasteiger partial charge in [-0.25, -0.2) is 0 Å². The highest BCUT2D eigenvalue weighted by atomic mass is 14.0. The maximum absolute atomic E-state index is 3.82. The van der Waals surface area contributed by atoms with Crippen LogP contribution in [0.5, 0.6) is 0 Å². The second-order valence-electron chi connectivity index (χ2n) is 4.77. The molecule has 3 aromatic carbocycles. The van der Waals surface area contributed by atoms with Crippen LogP contribution in [0.15, 0.2) is 98.1 Å². The predicted octanol–water partition coefficient (Wildman–Crippen LogP) is 6.33. The van der Waals surface area contributed by atoms with Crippen LogP contribution in [0.25, 0.3) is 23.3 Å². The van der Waals surface area contributed by atoms with Gasteiger partial charge in [0.05, 0.1) is 0 Å². The van der Waals surface area contributed by atoms with Gasteiger partial charge in [-0.3, -0.25) is 0 Å². The van der Waals surface area contributed by atoms with Crippen molar-refractivity contribution in [1.82, 2.24) is 0 Å². The van der Waals surface area contributed by atoms with Crippen LogP contribution in [-0.4, -0.2) is 0 Å². The number of hydrogen-bond donors (Lipinski definition) is 0. The molecule has 0 heteroatoms. The summed E-state index contributed by atoms with van der Waals surface area (Å²) in [5, 5.41) is 0. The molecule has 108 valence electrons. The Labute approximate surface area is 133 Å². The Kier molecular flexibility index (Phi) is 5.95. The van der Waals surface area contributed by atoms with E-state index < -0.39 is 0 Å². The summed E-state index contributed by atoms with van der Waals surface area (Å²) < 4.78 is 0. The highest BCUT2D eigenvalue weighted by Crippen LogP contribution is 2.23. The third kappa shape index (κ3) is 4.32. The quantitative estimate of drug-likeness (QED) is 0.527. The van der Waals surface area contributed by atoms with E-state index in [9.17, 15) is 0 Å². The monoisotopic (exact) mass is 284 g/mol. The first-order chi connectivity index (χ1) is 10.8. The second-order valence-corrected chi connectivity index (χ2v) is 4.77. The average Bonchev–Trinajstić information content (AvgIpc) is 2.63. The lowest BCUT2D eigenvalue weighted by Gasteiger charge is -2.04. The lowest BCUT2D eigenvalue weighted by Crippen LogP contribution is -1.81. The molecule has 0 amide bonds. The van der Waals surface area contributed by atoms with E-state index in [0.29, 0.717) is 0 Å². The molecule has 0 aliphatic carbocycles. The van der Waals surface area contributed by atoms with Gasteiger partial charge in [0.25, 0.3) is 0 Å². The van der Waals surface area contributed by atoms with Gasteiger partial charge < -0.3 is 0 Å². The normalized spacial score (nSPS) is 9.27. The standard InChI is InChI=1S/C14H12.C8H8/c1-2-12-8-6-7-11-14(12)13-9-4-3-5-10-13;1-2-8-6-4-3-5-7-8/h2-11H,1H2;2-7H,1H2. The minimum atomic E-state index is 1.17. The SMILES string of the molecule is C=Cc1ccccc1.C=Cc1ccccc1-c1ccccc1. The maximum atomic E-state index is 3.82. The van der Waals surface area contributed by atoms with Gasteiger partial charge in [0.1, 0.15) is 0 Å². The molecular formula is C22H20. The molecule has 3 aromatic rings. The minimum Gasteiger partial charge on any atom is -0.0985 e. The first-order valence-electron chi connectivity index (χ1n) is 7.29. The second kappa shape index (κ2) is 8.43. The highest BCUT2D eigenvalue weighted by molar-refractivity contribution is 5.74. The van der Waals surface area contributed by atoms with Crippen molar-refractivity contribution in [3.63, 3.8) is 0 Å². The Morgan fingerprint density at radius 2 is 1.09 bits per heavy atom. The number of hydrogen-bond acceptors (Lipinski definition) is 0. The van der Waals surface area contributed by atoms with Crippen LogP contribution >= 0.6 is 0 Å². The first kappa shape index (κ1) is 15.5. The summed E-state index contributed by atoms with van der Waals surface area (Å²) in [5.41, 5.74) is 4.83. The predicted molar refractivity (Wildman–Crippen MR) is 98.5 cm³/mol. The van der Waals surface area contributed by atoms with E-state index >= 15 is 0 Å². The molecule has 0 aliphatic rings. The van der Waals surface area contributed by atoms with Crippen molar-refractivity contribution in [1.29, 1.82) is 0 Å². The van der Waals surface area contributed by atoms with Crippen LogP contribution in [0.3, 0.4) is 0 Å². The Morgan fingerprint density at radius 1 is 0.545 bits per heavy atom. The maximum Gasteiger partial charge on any atom is -0.0112 e. The fourth-order valence-electron chi connectivity index (χ4n) is 2.14. The molecule has 0 aromatic heterocycles. The molecule has 22 heavy (non-hydrogen) atoms. The Morgan fingerprint density at radius 3 is 1.64 bits per heavy atom. The summed E-state index contributed by atoms with van der Waals surface area (Å²) in [6.07, 6.45) is 3.72. The molecule has 0 saturated carbocycles. The van der Waals surface area contributed by atoms with E-state index in [0.717, 1.165) is 0 Å². The van der Waals surface area contributed by atoms with Gasteiger partial charge in [-0.1, -0.05) is 110 Å². The summed E-state index contributed by atoms with van der Waals surface area (Å²) in [4.78, 5) is 0. The third-order valence-corrected chi connectivity index (χ3v) is 3.30. The molecule has 0 bridgehead atoms. The van der Waals surface area contributed by atoms with Gasteiger partial charge in [0.2, 0.25) is 0 Å². The van der Waals surface area contributed by atoms with Crippen molar-refractivity contribution in [3.05, 3.63) is 109 Å². The minimum absolute atomic E-state index is 1.17. The van der Waals surface area contributed by atoms with Crippen molar-refractivity contribution in [2.24, 2.45) is 0 Å². The molecule has 0 N–H and O–H groups in total. The van der Waals surface area contributed by atoms with Crippen LogP contribution in [0.1, 0.15) is 11.1 Å².